The number of methoxy groups -OCH3 is 2. The number of aryl methyl sites for hydroxylation is 1. The summed E-state index contributed by atoms with van der Waals surface area (Å²) in [5.41, 5.74) is 1.97. The lowest BCUT2D eigenvalue weighted by Gasteiger charge is -2.05. The van der Waals surface area contributed by atoms with Gasteiger partial charge in [0, 0.05) is 6.07 Å². The lowest BCUT2D eigenvalue weighted by Crippen LogP contribution is -1.90. The van der Waals surface area contributed by atoms with Crippen LogP contribution >= 0.6 is 11.3 Å². The van der Waals surface area contributed by atoms with Crippen LogP contribution in [0.2, 0.25) is 0 Å². The van der Waals surface area contributed by atoms with Gasteiger partial charge in [-0.05, 0) is 47.7 Å². The molecule has 0 N–H and O–H groups in total. The van der Waals surface area contributed by atoms with Gasteiger partial charge in [-0.15, -0.1) is 11.3 Å². The number of ketones is 1. The molecule has 20 heavy (non-hydrogen) atoms. The van der Waals surface area contributed by atoms with Gasteiger partial charge < -0.3 is 9.47 Å². The number of carbonyl (C=O) groups excluding carboxylic acids is 1. The molecule has 0 aliphatic heterocycles. The fourth-order valence-electron chi connectivity index (χ4n) is 1.74. The number of rotatable bonds is 5. The molecule has 1 aromatic carbocycles. The van der Waals surface area contributed by atoms with Crippen LogP contribution in [-0.4, -0.2) is 20.0 Å². The van der Waals surface area contributed by atoms with Crippen LogP contribution in [-0.2, 0) is 0 Å². The van der Waals surface area contributed by atoms with Crippen molar-refractivity contribution < 1.29 is 14.3 Å². The van der Waals surface area contributed by atoms with E-state index in [9.17, 15) is 4.79 Å². The molecule has 0 fully saturated rings. The Morgan fingerprint density at radius 1 is 1.10 bits per heavy atom. The summed E-state index contributed by atoms with van der Waals surface area (Å²) in [5, 5.41) is 1.97. The topological polar surface area (TPSA) is 35.5 Å². The van der Waals surface area contributed by atoms with Crippen molar-refractivity contribution in [1.82, 2.24) is 0 Å². The summed E-state index contributed by atoms with van der Waals surface area (Å²) in [7, 11) is 3.20. The molecule has 2 rings (SSSR count). The summed E-state index contributed by atoms with van der Waals surface area (Å²) in [6.45, 7) is 1.98. The Morgan fingerprint density at radius 3 is 2.25 bits per heavy atom. The lowest BCUT2D eigenvalue weighted by molar-refractivity contribution is 0.105. The second kappa shape index (κ2) is 6.39. The summed E-state index contributed by atoms with van der Waals surface area (Å²) in [5.74, 6) is 1.40. The summed E-state index contributed by atoms with van der Waals surface area (Å²) >= 11 is 1.46. The van der Waals surface area contributed by atoms with E-state index in [0.717, 1.165) is 16.0 Å². The number of ether oxygens (including phenoxy) is 2. The zero-order valence-corrected chi connectivity index (χ0v) is 12.5. The van der Waals surface area contributed by atoms with Crippen molar-refractivity contribution in [1.29, 1.82) is 0 Å². The number of allylic oxidation sites excluding steroid dienone is 1. The largest absolute Gasteiger partial charge is 0.497 e. The van der Waals surface area contributed by atoms with Gasteiger partial charge in [0.2, 0.25) is 0 Å². The van der Waals surface area contributed by atoms with Gasteiger partial charge in [-0.2, -0.15) is 0 Å². The summed E-state index contributed by atoms with van der Waals surface area (Å²) in [6, 6.07) is 7.39. The van der Waals surface area contributed by atoms with E-state index >= 15 is 0 Å². The number of hydrogen-bond acceptors (Lipinski definition) is 4. The number of carbonyl (C=O) groups is 1. The van der Waals surface area contributed by atoms with Crippen molar-refractivity contribution in [2.24, 2.45) is 0 Å². The van der Waals surface area contributed by atoms with Crippen LogP contribution < -0.4 is 9.47 Å². The van der Waals surface area contributed by atoms with E-state index in [4.69, 9.17) is 9.47 Å². The molecule has 1 aromatic heterocycles. The Balaban J connectivity index is 2.20. The lowest BCUT2D eigenvalue weighted by atomic mass is 10.1. The Labute approximate surface area is 122 Å². The Morgan fingerprint density at radius 2 is 1.75 bits per heavy atom. The zero-order chi connectivity index (χ0) is 14.5. The van der Waals surface area contributed by atoms with Crippen molar-refractivity contribution in [3.63, 3.8) is 0 Å². The van der Waals surface area contributed by atoms with Crippen molar-refractivity contribution >= 4 is 23.2 Å². The first kappa shape index (κ1) is 14.3. The monoisotopic (exact) mass is 288 g/mol. The van der Waals surface area contributed by atoms with E-state index in [-0.39, 0.29) is 5.78 Å². The molecule has 0 aliphatic rings. The molecule has 4 heteroatoms. The molecule has 0 unspecified atom stereocenters. The maximum absolute atomic E-state index is 12.0. The van der Waals surface area contributed by atoms with Gasteiger partial charge in [0.05, 0.1) is 19.1 Å². The van der Waals surface area contributed by atoms with E-state index in [1.165, 1.54) is 11.3 Å². The van der Waals surface area contributed by atoms with E-state index in [1.54, 1.807) is 32.4 Å². The SMILES string of the molecule is COc1cc(/C=C/C(=O)c2cc(C)cs2)cc(OC)c1. The molecule has 3 nitrogen and oxygen atoms in total. The van der Waals surface area contributed by atoms with Gasteiger partial charge in [-0.25, -0.2) is 0 Å². The van der Waals surface area contributed by atoms with Gasteiger partial charge in [-0.3, -0.25) is 4.79 Å². The average Bonchev–Trinajstić information content (AvgIpc) is 2.91. The van der Waals surface area contributed by atoms with Crippen LogP contribution in [0, 0.1) is 6.92 Å². The van der Waals surface area contributed by atoms with Crippen LogP contribution in [0.25, 0.3) is 6.08 Å². The highest BCUT2D eigenvalue weighted by atomic mass is 32.1. The maximum Gasteiger partial charge on any atom is 0.195 e. The van der Waals surface area contributed by atoms with Crippen molar-refractivity contribution in [2.45, 2.75) is 6.92 Å². The molecular weight excluding hydrogens is 272 g/mol. The molecule has 0 aliphatic carbocycles. The number of hydrogen-bond donors (Lipinski definition) is 0. The highest BCUT2D eigenvalue weighted by molar-refractivity contribution is 7.12. The molecule has 2 aromatic rings. The van der Waals surface area contributed by atoms with Crippen LogP contribution in [0.1, 0.15) is 20.8 Å². The van der Waals surface area contributed by atoms with Crippen molar-refractivity contribution in [3.8, 4) is 11.5 Å². The third-order valence-electron chi connectivity index (χ3n) is 2.77. The molecule has 0 spiro atoms. The molecule has 0 saturated heterocycles. The van der Waals surface area contributed by atoms with E-state index in [0.29, 0.717) is 11.5 Å². The average molecular weight is 288 g/mol. The van der Waals surface area contributed by atoms with Crippen molar-refractivity contribution in [2.75, 3.05) is 14.2 Å². The van der Waals surface area contributed by atoms with Gasteiger partial charge in [0.15, 0.2) is 5.78 Å². The first-order valence-electron chi connectivity index (χ1n) is 6.13. The fraction of sp³-hybridized carbons (Fsp3) is 0.188. The first-order chi connectivity index (χ1) is 9.62. The highest BCUT2D eigenvalue weighted by Crippen LogP contribution is 2.23. The third-order valence-corrected chi connectivity index (χ3v) is 3.84. The Hall–Kier alpha value is -2.07. The standard InChI is InChI=1S/C16H16O3S/c1-11-6-16(20-10-11)15(17)5-4-12-7-13(18-2)9-14(8-12)19-3/h4-10H,1-3H3/b5-4+. The third kappa shape index (κ3) is 3.48. The maximum atomic E-state index is 12.0. The van der Waals surface area contributed by atoms with E-state index in [2.05, 4.69) is 0 Å². The molecule has 104 valence electrons. The van der Waals surface area contributed by atoms with E-state index < -0.39 is 0 Å². The minimum Gasteiger partial charge on any atom is -0.497 e. The number of thiophene rings is 1. The van der Waals surface area contributed by atoms with Crippen LogP contribution in [0.4, 0.5) is 0 Å². The minimum absolute atomic E-state index is 0.00452. The summed E-state index contributed by atoms with van der Waals surface area (Å²) in [6.07, 6.45) is 3.34. The zero-order valence-electron chi connectivity index (χ0n) is 11.7. The second-order valence-electron chi connectivity index (χ2n) is 4.33. The molecule has 0 bridgehead atoms. The fourth-order valence-corrected chi connectivity index (χ4v) is 2.56. The first-order valence-corrected chi connectivity index (χ1v) is 7.01. The Bertz CT molecular complexity index is 619. The van der Waals surface area contributed by atoms with Crippen LogP contribution in [0.3, 0.4) is 0 Å². The van der Waals surface area contributed by atoms with Gasteiger partial charge in [-0.1, -0.05) is 6.08 Å². The molecule has 0 saturated carbocycles. The molecular formula is C16H16O3S. The highest BCUT2D eigenvalue weighted by Gasteiger charge is 2.05. The molecule has 1 heterocycles. The molecule has 0 amide bonds. The smallest absolute Gasteiger partial charge is 0.195 e. The predicted molar refractivity (Wildman–Crippen MR) is 82.0 cm³/mol. The predicted octanol–water partition coefficient (Wildman–Crippen LogP) is 3.97. The second-order valence-corrected chi connectivity index (χ2v) is 5.24. The van der Waals surface area contributed by atoms with E-state index in [1.807, 2.05) is 30.5 Å². The van der Waals surface area contributed by atoms with Crippen LogP contribution in [0.15, 0.2) is 35.7 Å². The molecule has 0 radical (unpaired) electrons. The van der Waals surface area contributed by atoms with Gasteiger partial charge in [0.25, 0.3) is 0 Å². The minimum atomic E-state index is 0.00452. The van der Waals surface area contributed by atoms with Gasteiger partial charge in [0.1, 0.15) is 11.5 Å². The quantitative estimate of drug-likeness (QED) is 0.617. The molecule has 0 atom stereocenters. The number of benzene rings is 1. The normalized spacial score (nSPS) is 10.8. The summed E-state index contributed by atoms with van der Waals surface area (Å²) < 4.78 is 10.4. The van der Waals surface area contributed by atoms with Crippen molar-refractivity contribution in [3.05, 3.63) is 51.7 Å². The van der Waals surface area contributed by atoms with Crippen LogP contribution in [0.5, 0.6) is 11.5 Å². The van der Waals surface area contributed by atoms with Gasteiger partial charge >= 0.3 is 0 Å². The Kier molecular flexibility index (Phi) is 4.58. The summed E-state index contributed by atoms with van der Waals surface area (Å²) in [4.78, 5) is 12.7.